The molecule has 2 heterocycles. The summed E-state index contributed by atoms with van der Waals surface area (Å²) in [5.41, 5.74) is 5.54. The summed E-state index contributed by atoms with van der Waals surface area (Å²) in [4.78, 5) is 21.2. The van der Waals surface area contributed by atoms with Crippen LogP contribution in [0.5, 0.6) is 0 Å². The number of nitrogens with one attached hydrogen (secondary N) is 1. The summed E-state index contributed by atoms with van der Waals surface area (Å²) in [6.07, 6.45) is 9.62. The third-order valence-electron chi connectivity index (χ3n) is 3.96. The number of amides is 1. The van der Waals surface area contributed by atoms with Crippen molar-refractivity contribution in [2.75, 3.05) is 6.61 Å². The Morgan fingerprint density at radius 2 is 2.24 bits per heavy atom. The lowest BCUT2D eigenvalue weighted by Gasteiger charge is -2.21. The van der Waals surface area contributed by atoms with E-state index in [0.29, 0.717) is 6.61 Å². The van der Waals surface area contributed by atoms with E-state index in [1.54, 1.807) is 6.08 Å². The first-order valence-electron chi connectivity index (χ1n) is 8.52. The number of hydrogen-bond acceptors (Lipinski definition) is 4. The summed E-state index contributed by atoms with van der Waals surface area (Å²) in [6, 6.07) is 8.04. The SMILES string of the molecule is Cc1cn(Cc2ccc(/C=C/C(=O)NOC3CCCCO3)cc2)cn1. The summed E-state index contributed by atoms with van der Waals surface area (Å²) in [6.45, 7) is 3.43. The molecule has 0 saturated carbocycles. The van der Waals surface area contributed by atoms with Gasteiger partial charge in [0.15, 0.2) is 6.29 Å². The van der Waals surface area contributed by atoms with Crippen LogP contribution in [0.25, 0.3) is 6.08 Å². The third kappa shape index (κ3) is 5.55. The molecule has 0 spiro atoms. The van der Waals surface area contributed by atoms with E-state index in [2.05, 4.69) is 10.5 Å². The fourth-order valence-corrected chi connectivity index (χ4v) is 2.64. The minimum atomic E-state index is -0.336. The monoisotopic (exact) mass is 341 g/mol. The van der Waals surface area contributed by atoms with E-state index < -0.39 is 0 Å². The van der Waals surface area contributed by atoms with Crippen LogP contribution < -0.4 is 5.48 Å². The Labute approximate surface area is 147 Å². The number of aryl methyl sites for hydroxylation is 1. The van der Waals surface area contributed by atoms with Crippen molar-refractivity contribution < 1.29 is 14.4 Å². The molecular weight excluding hydrogens is 318 g/mol. The molecule has 1 aliphatic rings. The molecule has 1 aromatic heterocycles. The van der Waals surface area contributed by atoms with Crippen LogP contribution in [-0.2, 0) is 20.9 Å². The molecule has 1 aliphatic heterocycles. The highest BCUT2D eigenvalue weighted by atomic mass is 16.8. The van der Waals surface area contributed by atoms with Crippen LogP contribution in [0.4, 0.5) is 0 Å². The zero-order valence-corrected chi connectivity index (χ0v) is 14.4. The van der Waals surface area contributed by atoms with E-state index in [1.807, 2.05) is 48.3 Å². The van der Waals surface area contributed by atoms with Crippen molar-refractivity contribution in [3.8, 4) is 0 Å². The molecule has 1 amide bonds. The number of carbonyl (C=O) groups excluding carboxylic acids is 1. The maximum absolute atomic E-state index is 11.8. The first-order chi connectivity index (χ1) is 12.2. The van der Waals surface area contributed by atoms with Crippen LogP contribution in [0.1, 0.15) is 36.1 Å². The van der Waals surface area contributed by atoms with E-state index in [-0.39, 0.29) is 12.2 Å². The van der Waals surface area contributed by atoms with Crippen LogP contribution in [0.15, 0.2) is 42.9 Å². The Bertz CT molecular complexity index is 716. The fourth-order valence-electron chi connectivity index (χ4n) is 2.64. The molecule has 6 nitrogen and oxygen atoms in total. The molecule has 1 atom stereocenters. The van der Waals surface area contributed by atoms with Gasteiger partial charge in [-0.25, -0.2) is 15.3 Å². The zero-order valence-electron chi connectivity index (χ0n) is 14.4. The number of benzene rings is 1. The van der Waals surface area contributed by atoms with Gasteiger partial charge in [0.25, 0.3) is 5.91 Å². The number of hydroxylamine groups is 1. The van der Waals surface area contributed by atoms with E-state index in [0.717, 1.165) is 37.1 Å². The molecule has 1 unspecified atom stereocenters. The van der Waals surface area contributed by atoms with Gasteiger partial charge in [0.05, 0.1) is 12.0 Å². The van der Waals surface area contributed by atoms with Crippen LogP contribution >= 0.6 is 0 Å². The minimum Gasteiger partial charge on any atom is -0.350 e. The van der Waals surface area contributed by atoms with Crippen molar-refractivity contribution in [3.05, 3.63) is 59.7 Å². The highest BCUT2D eigenvalue weighted by molar-refractivity contribution is 5.90. The molecule has 132 valence electrons. The van der Waals surface area contributed by atoms with E-state index in [1.165, 1.54) is 11.6 Å². The molecule has 1 N–H and O–H groups in total. The smallest absolute Gasteiger partial charge is 0.267 e. The highest BCUT2D eigenvalue weighted by Crippen LogP contribution is 2.12. The lowest BCUT2D eigenvalue weighted by molar-refractivity contribution is -0.198. The molecular formula is C19H23N3O3. The Hall–Kier alpha value is -2.44. The summed E-state index contributed by atoms with van der Waals surface area (Å²) in [5.74, 6) is -0.299. The summed E-state index contributed by atoms with van der Waals surface area (Å²) < 4.78 is 7.43. The average Bonchev–Trinajstić information content (AvgIpc) is 3.05. The number of hydrogen-bond donors (Lipinski definition) is 1. The molecule has 6 heteroatoms. The number of rotatable bonds is 6. The molecule has 1 saturated heterocycles. The van der Waals surface area contributed by atoms with Crippen molar-refractivity contribution in [1.29, 1.82) is 0 Å². The Kier molecular flexibility index (Phi) is 5.98. The van der Waals surface area contributed by atoms with Gasteiger partial charge in [-0.05, 0) is 37.0 Å². The zero-order chi connectivity index (χ0) is 17.5. The Balaban J connectivity index is 1.46. The van der Waals surface area contributed by atoms with E-state index in [9.17, 15) is 4.79 Å². The molecule has 0 aliphatic carbocycles. The van der Waals surface area contributed by atoms with Crippen molar-refractivity contribution >= 4 is 12.0 Å². The van der Waals surface area contributed by atoms with Crippen LogP contribution in [0.2, 0.25) is 0 Å². The summed E-state index contributed by atoms with van der Waals surface area (Å²) in [7, 11) is 0. The average molecular weight is 341 g/mol. The molecule has 0 radical (unpaired) electrons. The van der Waals surface area contributed by atoms with E-state index in [4.69, 9.17) is 9.57 Å². The van der Waals surface area contributed by atoms with Gasteiger partial charge in [-0.15, -0.1) is 0 Å². The first kappa shape index (κ1) is 17.4. The predicted octanol–water partition coefficient (Wildman–Crippen LogP) is 2.83. The molecule has 1 fully saturated rings. The maximum atomic E-state index is 11.8. The topological polar surface area (TPSA) is 65.4 Å². The standard InChI is InChI=1S/C19H23N3O3/c1-15-12-22(14-20-15)13-17-7-5-16(6-8-17)9-10-18(23)21-25-19-4-2-3-11-24-19/h5-10,12,14,19H,2-4,11,13H2,1H3,(H,21,23)/b10-9+. The fraction of sp³-hybridized carbons (Fsp3) is 0.368. The number of aromatic nitrogens is 2. The van der Waals surface area contributed by atoms with Gasteiger partial charge in [0.2, 0.25) is 0 Å². The molecule has 3 rings (SSSR count). The van der Waals surface area contributed by atoms with Gasteiger partial charge in [-0.1, -0.05) is 24.3 Å². The van der Waals surface area contributed by atoms with Crippen LogP contribution in [-0.4, -0.2) is 28.4 Å². The normalized spacial score (nSPS) is 17.7. The lowest BCUT2D eigenvalue weighted by atomic mass is 10.1. The number of ether oxygens (including phenoxy) is 1. The quantitative estimate of drug-likeness (QED) is 0.648. The molecule has 2 aromatic rings. The molecule has 0 bridgehead atoms. The van der Waals surface area contributed by atoms with Crippen molar-refractivity contribution in [2.45, 2.75) is 39.0 Å². The van der Waals surface area contributed by atoms with Gasteiger partial charge in [0.1, 0.15) is 0 Å². The highest BCUT2D eigenvalue weighted by Gasteiger charge is 2.14. The van der Waals surface area contributed by atoms with Gasteiger partial charge >= 0.3 is 0 Å². The Morgan fingerprint density at radius 3 is 2.92 bits per heavy atom. The van der Waals surface area contributed by atoms with Crippen molar-refractivity contribution in [1.82, 2.24) is 15.0 Å². The van der Waals surface area contributed by atoms with Gasteiger partial charge in [-0.3, -0.25) is 4.79 Å². The number of nitrogens with zero attached hydrogens (tertiary/aromatic N) is 2. The van der Waals surface area contributed by atoms with Crippen LogP contribution in [0.3, 0.4) is 0 Å². The summed E-state index contributed by atoms with van der Waals surface area (Å²) in [5, 5.41) is 0. The number of imidazole rings is 1. The van der Waals surface area contributed by atoms with Gasteiger partial charge in [0, 0.05) is 31.8 Å². The largest absolute Gasteiger partial charge is 0.350 e. The van der Waals surface area contributed by atoms with Crippen LogP contribution in [0, 0.1) is 6.92 Å². The van der Waals surface area contributed by atoms with Gasteiger partial charge in [-0.2, -0.15) is 0 Å². The first-order valence-corrected chi connectivity index (χ1v) is 8.52. The molecule has 25 heavy (non-hydrogen) atoms. The molecule has 1 aromatic carbocycles. The van der Waals surface area contributed by atoms with Crippen molar-refractivity contribution in [2.24, 2.45) is 0 Å². The van der Waals surface area contributed by atoms with E-state index >= 15 is 0 Å². The third-order valence-corrected chi connectivity index (χ3v) is 3.96. The Morgan fingerprint density at radius 1 is 1.40 bits per heavy atom. The second-order valence-corrected chi connectivity index (χ2v) is 6.14. The predicted molar refractivity (Wildman–Crippen MR) is 94.4 cm³/mol. The summed E-state index contributed by atoms with van der Waals surface area (Å²) >= 11 is 0. The maximum Gasteiger partial charge on any atom is 0.267 e. The second kappa shape index (κ2) is 8.60. The van der Waals surface area contributed by atoms with Crippen molar-refractivity contribution in [3.63, 3.8) is 0 Å². The second-order valence-electron chi connectivity index (χ2n) is 6.14. The minimum absolute atomic E-state index is 0.299. The number of carbonyl (C=O) groups is 1. The lowest BCUT2D eigenvalue weighted by Crippen LogP contribution is -2.32. The van der Waals surface area contributed by atoms with Gasteiger partial charge < -0.3 is 9.30 Å².